The van der Waals surface area contributed by atoms with E-state index in [4.69, 9.17) is 9.47 Å². The fraction of sp³-hybridized carbons (Fsp3) is 0.471. The Morgan fingerprint density at radius 1 is 1.32 bits per heavy atom. The van der Waals surface area contributed by atoms with Crippen LogP contribution in [0.15, 0.2) is 22.7 Å². The lowest BCUT2D eigenvalue weighted by molar-refractivity contribution is -0.143. The average Bonchev–Trinajstić information content (AvgIpc) is 2.53. The van der Waals surface area contributed by atoms with Crippen LogP contribution in [0.3, 0.4) is 0 Å². The quantitative estimate of drug-likeness (QED) is 0.543. The second kappa shape index (κ2) is 9.41. The summed E-state index contributed by atoms with van der Waals surface area (Å²) in [6.07, 6.45) is 0.161. The first-order valence-electron chi connectivity index (χ1n) is 7.61. The van der Waals surface area contributed by atoms with Crippen LogP contribution in [-0.4, -0.2) is 43.7 Å². The Hall–Kier alpha value is -2.09. The number of nitrogens with one attached hydrogen (secondary N) is 1. The van der Waals surface area contributed by atoms with Gasteiger partial charge < -0.3 is 19.5 Å². The van der Waals surface area contributed by atoms with Crippen LogP contribution in [0.5, 0.6) is 5.75 Å². The Morgan fingerprint density at radius 3 is 2.56 bits per heavy atom. The number of hydrogen-bond acceptors (Lipinski definition) is 6. The van der Waals surface area contributed by atoms with Crippen molar-refractivity contribution in [2.45, 2.75) is 38.8 Å². The zero-order valence-corrected chi connectivity index (χ0v) is 16.2. The Balaban J connectivity index is 2.66. The van der Waals surface area contributed by atoms with Crippen molar-refractivity contribution in [2.24, 2.45) is 0 Å². The molecule has 1 rings (SSSR count). The van der Waals surface area contributed by atoms with Gasteiger partial charge in [-0.2, -0.15) is 0 Å². The highest BCUT2D eigenvalue weighted by Crippen LogP contribution is 2.27. The van der Waals surface area contributed by atoms with Crippen molar-refractivity contribution < 1.29 is 28.6 Å². The molecular formula is C17H22BrNO6. The van der Waals surface area contributed by atoms with Gasteiger partial charge in [0.05, 0.1) is 18.2 Å². The van der Waals surface area contributed by atoms with E-state index in [1.807, 2.05) is 0 Å². The summed E-state index contributed by atoms with van der Waals surface area (Å²) >= 11 is 3.29. The molecule has 138 valence electrons. The summed E-state index contributed by atoms with van der Waals surface area (Å²) < 4.78 is 15.9. The number of carbonyl (C=O) groups is 3. The first-order chi connectivity index (χ1) is 11.7. The van der Waals surface area contributed by atoms with Gasteiger partial charge in [-0.05, 0) is 42.8 Å². The van der Waals surface area contributed by atoms with Crippen LogP contribution >= 0.6 is 15.9 Å². The second-order valence-corrected chi connectivity index (χ2v) is 6.93. The number of carbonyl (C=O) groups excluding carboxylic acids is 3. The maximum Gasteiger partial charge on any atom is 0.408 e. The summed E-state index contributed by atoms with van der Waals surface area (Å²) in [4.78, 5) is 34.6. The third kappa shape index (κ3) is 7.13. The topological polar surface area (TPSA) is 90.9 Å². The van der Waals surface area contributed by atoms with E-state index in [0.717, 1.165) is 0 Å². The predicted octanol–water partition coefficient (Wildman–Crippen LogP) is 3.10. The lowest BCUT2D eigenvalue weighted by Gasteiger charge is -2.22. The van der Waals surface area contributed by atoms with Crippen molar-refractivity contribution in [2.75, 3.05) is 13.7 Å². The van der Waals surface area contributed by atoms with E-state index < -0.39 is 23.7 Å². The first-order valence-corrected chi connectivity index (χ1v) is 8.41. The monoisotopic (exact) mass is 415 g/mol. The van der Waals surface area contributed by atoms with Gasteiger partial charge in [0, 0.05) is 12.0 Å². The number of halogens is 1. The molecule has 0 heterocycles. The summed E-state index contributed by atoms with van der Waals surface area (Å²) in [6.45, 7) is 5.29. The zero-order valence-electron chi connectivity index (χ0n) is 14.6. The average molecular weight is 416 g/mol. The number of methoxy groups -OCH3 is 1. The van der Waals surface area contributed by atoms with E-state index in [9.17, 15) is 14.4 Å². The molecule has 0 aliphatic heterocycles. The van der Waals surface area contributed by atoms with Crippen LogP contribution in [0.25, 0.3) is 0 Å². The fourth-order valence-corrected chi connectivity index (χ4v) is 2.33. The summed E-state index contributed by atoms with van der Waals surface area (Å²) in [5.41, 5.74) is -0.226. The van der Waals surface area contributed by atoms with Gasteiger partial charge in [0.25, 0.3) is 0 Å². The summed E-state index contributed by atoms with van der Waals surface area (Å²) in [6, 6.07) is 4.10. The maximum absolute atomic E-state index is 11.8. The Labute approximate surface area is 155 Å². The molecule has 0 saturated carbocycles. The number of esters is 1. The van der Waals surface area contributed by atoms with E-state index in [-0.39, 0.29) is 13.0 Å². The minimum atomic E-state index is -0.909. The molecule has 0 radical (unpaired) electrons. The van der Waals surface area contributed by atoms with Crippen LogP contribution < -0.4 is 10.1 Å². The fourth-order valence-electron chi connectivity index (χ4n) is 1.86. The van der Waals surface area contributed by atoms with Crippen molar-refractivity contribution in [3.63, 3.8) is 0 Å². The van der Waals surface area contributed by atoms with Gasteiger partial charge in [-0.15, -0.1) is 0 Å². The van der Waals surface area contributed by atoms with Crippen LogP contribution in [0.2, 0.25) is 0 Å². The minimum absolute atomic E-state index is 0.122. The maximum atomic E-state index is 11.8. The van der Waals surface area contributed by atoms with Gasteiger partial charge in [0.1, 0.15) is 17.4 Å². The number of aldehydes is 1. The largest absolute Gasteiger partial charge is 0.492 e. The van der Waals surface area contributed by atoms with Crippen molar-refractivity contribution >= 4 is 34.3 Å². The summed E-state index contributed by atoms with van der Waals surface area (Å²) in [5, 5.41) is 2.46. The third-order valence-corrected chi connectivity index (χ3v) is 3.81. The number of ether oxygens (including phenoxy) is 3. The predicted molar refractivity (Wildman–Crippen MR) is 94.8 cm³/mol. The zero-order chi connectivity index (χ0) is 19.0. The molecule has 0 fully saturated rings. The van der Waals surface area contributed by atoms with Crippen molar-refractivity contribution in [1.82, 2.24) is 5.32 Å². The highest BCUT2D eigenvalue weighted by molar-refractivity contribution is 9.10. The van der Waals surface area contributed by atoms with Gasteiger partial charge in [-0.1, -0.05) is 12.1 Å². The Bertz CT molecular complexity index is 626. The molecule has 1 amide bonds. The molecule has 25 heavy (non-hydrogen) atoms. The lowest BCUT2D eigenvalue weighted by Crippen LogP contribution is -2.44. The van der Waals surface area contributed by atoms with Crippen LogP contribution in [0, 0.1) is 0 Å². The molecule has 0 aliphatic rings. The molecule has 1 atom stereocenters. The summed E-state index contributed by atoms with van der Waals surface area (Å²) in [5.74, 6) is -0.138. The normalized spacial score (nSPS) is 12.0. The Morgan fingerprint density at radius 2 is 2.00 bits per heavy atom. The van der Waals surface area contributed by atoms with Gasteiger partial charge in [0.15, 0.2) is 6.29 Å². The molecule has 1 aromatic rings. The van der Waals surface area contributed by atoms with E-state index >= 15 is 0 Å². The van der Waals surface area contributed by atoms with Crippen molar-refractivity contribution in [3.05, 3.63) is 28.2 Å². The number of hydrogen-bond donors (Lipinski definition) is 1. The van der Waals surface area contributed by atoms with Crippen molar-refractivity contribution in [3.8, 4) is 5.75 Å². The van der Waals surface area contributed by atoms with Crippen LogP contribution in [0.4, 0.5) is 4.79 Å². The van der Waals surface area contributed by atoms with Gasteiger partial charge in [-0.25, -0.2) is 9.59 Å². The number of alkyl carbamates (subject to hydrolysis) is 1. The molecule has 0 spiro atoms. The molecule has 0 saturated heterocycles. The number of amides is 1. The molecule has 7 nitrogen and oxygen atoms in total. The Kier molecular flexibility index (Phi) is 7.89. The smallest absolute Gasteiger partial charge is 0.408 e. The number of benzene rings is 1. The molecule has 0 aliphatic carbocycles. The summed E-state index contributed by atoms with van der Waals surface area (Å²) in [7, 11) is 1.23. The van der Waals surface area contributed by atoms with Crippen LogP contribution in [-0.2, 0) is 14.3 Å². The van der Waals surface area contributed by atoms with Gasteiger partial charge in [-0.3, -0.25) is 4.79 Å². The molecule has 1 N–H and O–H groups in total. The van der Waals surface area contributed by atoms with E-state index in [2.05, 4.69) is 26.0 Å². The highest BCUT2D eigenvalue weighted by Gasteiger charge is 2.25. The standard InChI is InChI=1S/C17H22BrNO6/c1-17(2,3)25-16(22)19-12(15(21)23-4)8-9-24-13-7-5-6-11(10-20)14(13)18/h5-7,10,12H,8-9H2,1-4H3,(H,19,22)/t12-/m0/s1. The van der Waals surface area contributed by atoms with E-state index in [0.29, 0.717) is 22.1 Å². The molecular weight excluding hydrogens is 394 g/mol. The molecule has 0 unspecified atom stereocenters. The third-order valence-electron chi connectivity index (χ3n) is 2.96. The van der Waals surface area contributed by atoms with Crippen LogP contribution in [0.1, 0.15) is 37.6 Å². The number of rotatable bonds is 7. The van der Waals surface area contributed by atoms with Gasteiger partial charge >= 0.3 is 12.1 Å². The molecule has 0 bridgehead atoms. The van der Waals surface area contributed by atoms with E-state index in [1.54, 1.807) is 39.0 Å². The van der Waals surface area contributed by atoms with Crippen molar-refractivity contribution in [1.29, 1.82) is 0 Å². The highest BCUT2D eigenvalue weighted by atomic mass is 79.9. The molecule has 8 heteroatoms. The first kappa shape index (κ1) is 21.0. The SMILES string of the molecule is COC(=O)[C@H](CCOc1cccc(C=O)c1Br)NC(=O)OC(C)(C)C. The second-order valence-electron chi connectivity index (χ2n) is 6.14. The minimum Gasteiger partial charge on any atom is -0.492 e. The molecule has 0 aromatic heterocycles. The lowest BCUT2D eigenvalue weighted by atomic mass is 10.2. The van der Waals surface area contributed by atoms with E-state index in [1.165, 1.54) is 7.11 Å². The van der Waals surface area contributed by atoms with Gasteiger partial charge in [0.2, 0.25) is 0 Å². The molecule has 1 aromatic carbocycles.